The minimum Gasteiger partial charge on any atom is -0.310 e. The van der Waals surface area contributed by atoms with Crippen LogP contribution < -0.4 is 4.90 Å². The second-order valence-corrected chi connectivity index (χ2v) is 16.1. The Bertz CT molecular complexity index is 3150. The summed E-state index contributed by atoms with van der Waals surface area (Å²) in [5.41, 5.74) is 19.4. The SMILES string of the molecule is CC1(C)c2ccccc2-c2cccc(N(c3ccc(-c4ccccc4)cc3)c3ccc(-c4cccc5c4c4ccccc4n5-c4cccc(-c5ccccc5)c4)cc3)c21. The van der Waals surface area contributed by atoms with Crippen LogP contribution in [0.15, 0.2) is 218 Å². The first-order valence-electron chi connectivity index (χ1n) is 20.5. The minimum absolute atomic E-state index is 0.171. The van der Waals surface area contributed by atoms with Gasteiger partial charge in [-0.15, -0.1) is 0 Å². The molecule has 1 aromatic heterocycles. The van der Waals surface area contributed by atoms with Gasteiger partial charge >= 0.3 is 0 Å². The van der Waals surface area contributed by atoms with E-state index in [9.17, 15) is 0 Å². The van der Waals surface area contributed by atoms with Crippen molar-refractivity contribution in [3.63, 3.8) is 0 Å². The van der Waals surface area contributed by atoms with Crippen LogP contribution in [0.4, 0.5) is 17.1 Å². The third kappa shape index (κ3) is 5.71. The standard InChI is InChI=1S/C57H42N2/c1-57(2)51-26-11-9-22-48(51)49-25-15-29-54(56(49)57)58(44-34-30-41(31-35-44)39-16-5-3-6-17-39)45-36-32-42(33-37-45)47-24-14-28-53-55(47)50-23-10-12-27-52(50)59(53)46-21-13-20-43(38-46)40-18-7-4-8-19-40/h3-38H,1-2H3. The molecule has 0 radical (unpaired) electrons. The van der Waals surface area contributed by atoms with Gasteiger partial charge < -0.3 is 9.47 Å². The van der Waals surface area contributed by atoms with Crippen molar-refractivity contribution in [3.05, 3.63) is 230 Å². The first kappa shape index (κ1) is 34.8. The van der Waals surface area contributed by atoms with Gasteiger partial charge in [0.2, 0.25) is 0 Å². The lowest BCUT2D eigenvalue weighted by Crippen LogP contribution is -2.20. The highest BCUT2D eigenvalue weighted by molar-refractivity contribution is 6.16. The summed E-state index contributed by atoms with van der Waals surface area (Å²) in [5.74, 6) is 0. The number of anilines is 3. The van der Waals surface area contributed by atoms with Gasteiger partial charge in [-0.25, -0.2) is 0 Å². The third-order valence-corrected chi connectivity index (χ3v) is 12.4. The fourth-order valence-corrected chi connectivity index (χ4v) is 9.65. The molecule has 0 fully saturated rings. The summed E-state index contributed by atoms with van der Waals surface area (Å²) in [6.07, 6.45) is 0. The maximum Gasteiger partial charge on any atom is 0.0547 e. The average molecular weight is 755 g/mol. The molecule has 0 saturated carbocycles. The molecule has 0 amide bonds. The number of hydrogen-bond acceptors (Lipinski definition) is 1. The topological polar surface area (TPSA) is 8.17 Å². The van der Waals surface area contributed by atoms with Crippen molar-refractivity contribution in [2.45, 2.75) is 19.3 Å². The monoisotopic (exact) mass is 754 g/mol. The molecule has 2 nitrogen and oxygen atoms in total. The summed E-state index contributed by atoms with van der Waals surface area (Å²) in [6.45, 7) is 4.74. The van der Waals surface area contributed by atoms with Gasteiger partial charge in [-0.1, -0.05) is 178 Å². The molecule has 2 heteroatoms. The van der Waals surface area contributed by atoms with E-state index in [1.54, 1.807) is 0 Å². The number of benzene rings is 9. The quantitative estimate of drug-likeness (QED) is 0.157. The van der Waals surface area contributed by atoms with Crippen molar-refractivity contribution < 1.29 is 0 Å². The van der Waals surface area contributed by atoms with E-state index in [0.29, 0.717) is 0 Å². The lowest BCUT2D eigenvalue weighted by molar-refractivity contribution is 0.661. The van der Waals surface area contributed by atoms with E-state index >= 15 is 0 Å². The second kappa shape index (κ2) is 13.9. The molecule has 0 aliphatic heterocycles. The molecule has 1 heterocycles. The van der Waals surface area contributed by atoms with Gasteiger partial charge in [0.25, 0.3) is 0 Å². The van der Waals surface area contributed by atoms with E-state index in [1.165, 1.54) is 83.1 Å². The zero-order valence-electron chi connectivity index (χ0n) is 33.2. The first-order chi connectivity index (χ1) is 29.0. The molecular weight excluding hydrogens is 713 g/mol. The molecule has 0 N–H and O–H groups in total. The predicted molar refractivity (Wildman–Crippen MR) is 249 cm³/mol. The van der Waals surface area contributed by atoms with Crippen LogP contribution in [-0.4, -0.2) is 4.57 Å². The molecule has 0 bridgehead atoms. The van der Waals surface area contributed by atoms with Gasteiger partial charge in [0, 0.05) is 33.2 Å². The number of rotatable bonds is 7. The van der Waals surface area contributed by atoms with Gasteiger partial charge in [-0.3, -0.25) is 0 Å². The van der Waals surface area contributed by atoms with Crippen LogP contribution in [0.1, 0.15) is 25.0 Å². The summed E-state index contributed by atoms with van der Waals surface area (Å²) in [6, 6.07) is 79.7. The van der Waals surface area contributed by atoms with Crippen LogP contribution in [0.3, 0.4) is 0 Å². The molecule has 0 spiro atoms. The van der Waals surface area contributed by atoms with Gasteiger partial charge in [0.1, 0.15) is 0 Å². The van der Waals surface area contributed by atoms with E-state index in [4.69, 9.17) is 0 Å². The molecule has 1 aliphatic carbocycles. The zero-order valence-corrected chi connectivity index (χ0v) is 33.2. The molecule has 59 heavy (non-hydrogen) atoms. The number of aromatic nitrogens is 1. The first-order valence-corrected chi connectivity index (χ1v) is 20.5. The van der Waals surface area contributed by atoms with Crippen molar-refractivity contribution in [2.75, 3.05) is 4.90 Å². The predicted octanol–water partition coefficient (Wildman–Crippen LogP) is 15.6. The summed E-state index contributed by atoms with van der Waals surface area (Å²) in [5, 5.41) is 2.50. The molecular formula is C57H42N2. The molecule has 10 aromatic rings. The van der Waals surface area contributed by atoms with Crippen LogP contribution >= 0.6 is 0 Å². The Morgan fingerprint density at radius 3 is 1.66 bits per heavy atom. The minimum atomic E-state index is -0.171. The highest BCUT2D eigenvalue weighted by atomic mass is 15.1. The fourth-order valence-electron chi connectivity index (χ4n) is 9.65. The largest absolute Gasteiger partial charge is 0.310 e. The average Bonchev–Trinajstić information content (AvgIpc) is 3.76. The number of fused-ring (bicyclic) bond motifs is 6. The highest BCUT2D eigenvalue weighted by Crippen LogP contribution is 2.54. The Labute approximate surface area is 345 Å². The summed E-state index contributed by atoms with van der Waals surface area (Å²) in [7, 11) is 0. The van der Waals surface area contributed by atoms with Crippen LogP contribution in [0.2, 0.25) is 0 Å². The fraction of sp³-hybridized carbons (Fsp3) is 0.0526. The van der Waals surface area contributed by atoms with Crippen molar-refractivity contribution in [3.8, 4) is 50.2 Å². The van der Waals surface area contributed by atoms with Crippen molar-refractivity contribution in [1.82, 2.24) is 4.57 Å². The molecule has 0 unspecified atom stereocenters. The third-order valence-electron chi connectivity index (χ3n) is 12.4. The van der Waals surface area contributed by atoms with Gasteiger partial charge in [-0.05, 0) is 110 Å². The maximum absolute atomic E-state index is 2.46. The molecule has 0 saturated heterocycles. The number of nitrogens with zero attached hydrogens (tertiary/aromatic N) is 2. The van der Waals surface area contributed by atoms with E-state index in [1.807, 2.05) is 0 Å². The van der Waals surface area contributed by atoms with Gasteiger partial charge in [0.05, 0.1) is 16.7 Å². The molecule has 1 aliphatic rings. The van der Waals surface area contributed by atoms with E-state index in [2.05, 4.69) is 242 Å². The van der Waals surface area contributed by atoms with Crippen molar-refractivity contribution in [2.24, 2.45) is 0 Å². The molecule has 280 valence electrons. The Hall–Kier alpha value is -7.42. The van der Waals surface area contributed by atoms with E-state index in [0.717, 1.165) is 17.1 Å². The normalized spacial score (nSPS) is 12.7. The van der Waals surface area contributed by atoms with Crippen LogP contribution in [-0.2, 0) is 5.41 Å². The van der Waals surface area contributed by atoms with E-state index < -0.39 is 0 Å². The zero-order chi connectivity index (χ0) is 39.5. The Balaban J connectivity index is 1.05. The van der Waals surface area contributed by atoms with Crippen LogP contribution in [0, 0.1) is 0 Å². The highest BCUT2D eigenvalue weighted by Gasteiger charge is 2.38. The van der Waals surface area contributed by atoms with Gasteiger partial charge in [0.15, 0.2) is 0 Å². The molecule has 9 aromatic carbocycles. The Kier molecular flexibility index (Phi) is 8.20. The smallest absolute Gasteiger partial charge is 0.0547 e. The van der Waals surface area contributed by atoms with Crippen LogP contribution in [0.5, 0.6) is 0 Å². The van der Waals surface area contributed by atoms with Crippen molar-refractivity contribution >= 4 is 38.9 Å². The number of para-hydroxylation sites is 1. The maximum atomic E-state index is 2.46. The Morgan fingerprint density at radius 2 is 0.915 bits per heavy atom. The number of hydrogen-bond donors (Lipinski definition) is 0. The molecule has 11 rings (SSSR count). The second-order valence-electron chi connectivity index (χ2n) is 16.1. The summed E-state index contributed by atoms with van der Waals surface area (Å²) in [4.78, 5) is 2.46. The molecule has 0 atom stereocenters. The van der Waals surface area contributed by atoms with E-state index in [-0.39, 0.29) is 5.41 Å². The van der Waals surface area contributed by atoms with Crippen molar-refractivity contribution in [1.29, 1.82) is 0 Å². The lowest BCUT2D eigenvalue weighted by atomic mass is 9.81. The Morgan fingerprint density at radius 1 is 0.390 bits per heavy atom. The lowest BCUT2D eigenvalue weighted by Gasteiger charge is -2.32. The van der Waals surface area contributed by atoms with Crippen LogP contribution in [0.25, 0.3) is 72.0 Å². The summed E-state index contributed by atoms with van der Waals surface area (Å²) < 4.78 is 2.42. The summed E-state index contributed by atoms with van der Waals surface area (Å²) >= 11 is 0. The van der Waals surface area contributed by atoms with Gasteiger partial charge in [-0.2, -0.15) is 0 Å².